The molecular formula is C14H23N3O. The third-order valence-electron chi connectivity index (χ3n) is 3.33. The van der Waals surface area contributed by atoms with Crippen LogP contribution in [0.5, 0.6) is 5.88 Å². The predicted octanol–water partition coefficient (Wildman–Crippen LogP) is 1.66. The predicted molar refractivity (Wildman–Crippen MR) is 72.8 cm³/mol. The van der Waals surface area contributed by atoms with Gasteiger partial charge in [0.1, 0.15) is 6.10 Å². The molecule has 1 aromatic heterocycles. The van der Waals surface area contributed by atoms with Crippen molar-refractivity contribution in [3.05, 3.63) is 23.9 Å². The maximum absolute atomic E-state index is 5.90. The van der Waals surface area contributed by atoms with Gasteiger partial charge < -0.3 is 15.0 Å². The molecule has 0 amide bonds. The average molecular weight is 249 g/mol. The molecule has 18 heavy (non-hydrogen) atoms. The fraction of sp³-hybridized carbons (Fsp3) is 0.643. The molecule has 1 fully saturated rings. The first kappa shape index (κ1) is 13.3. The molecule has 1 saturated heterocycles. The Kier molecular flexibility index (Phi) is 4.96. The second-order valence-electron chi connectivity index (χ2n) is 4.91. The van der Waals surface area contributed by atoms with E-state index < -0.39 is 0 Å². The smallest absolute Gasteiger partial charge is 0.213 e. The van der Waals surface area contributed by atoms with Gasteiger partial charge in [0.25, 0.3) is 0 Å². The molecule has 1 aliphatic heterocycles. The van der Waals surface area contributed by atoms with E-state index in [0.717, 1.165) is 44.9 Å². The van der Waals surface area contributed by atoms with E-state index >= 15 is 0 Å². The van der Waals surface area contributed by atoms with Crippen molar-refractivity contribution < 1.29 is 4.74 Å². The van der Waals surface area contributed by atoms with Gasteiger partial charge in [-0.3, -0.25) is 0 Å². The lowest BCUT2D eigenvalue weighted by atomic mass is 10.1. The van der Waals surface area contributed by atoms with Crippen LogP contribution in [0.2, 0.25) is 0 Å². The highest BCUT2D eigenvalue weighted by molar-refractivity contribution is 5.18. The van der Waals surface area contributed by atoms with Crippen molar-refractivity contribution in [3.63, 3.8) is 0 Å². The van der Waals surface area contributed by atoms with Crippen LogP contribution in [0.4, 0.5) is 0 Å². The number of hydrogen-bond donors (Lipinski definition) is 1. The summed E-state index contributed by atoms with van der Waals surface area (Å²) in [6.45, 7) is 6.18. The normalized spacial score (nSPS) is 17.9. The number of likely N-dealkylation sites (tertiary alicyclic amines) is 1. The zero-order chi connectivity index (χ0) is 12.8. The third-order valence-corrected chi connectivity index (χ3v) is 3.33. The molecule has 0 atom stereocenters. The number of nitrogens with zero attached hydrogens (tertiary/aromatic N) is 2. The summed E-state index contributed by atoms with van der Waals surface area (Å²) in [6.07, 6.45) is 4.41. The Morgan fingerprint density at radius 1 is 1.39 bits per heavy atom. The van der Waals surface area contributed by atoms with E-state index in [1.807, 2.05) is 12.3 Å². The summed E-state index contributed by atoms with van der Waals surface area (Å²) in [5.74, 6) is 0.754. The summed E-state index contributed by atoms with van der Waals surface area (Å²) in [4.78, 5) is 6.71. The minimum atomic E-state index is 0.327. The Labute approximate surface area is 109 Å². The molecule has 0 radical (unpaired) electrons. The van der Waals surface area contributed by atoms with Gasteiger partial charge in [0, 0.05) is 31.9 Å². The monoisotopic (exact) mass is 249 g/mol. The minimum absolute atomic E-state index is 0.327. The van der Waals surface area contributed by atoms with Crippen LogP contribution < -0.4 is 10.1 Å². The van der Waals surface area contributed by atoms with E-state index in [1.54, 1.807) is 0 Å². The fourth-order valence-electron chi connectivity index (χ4n) is 2.13. The van der Waals surface area contributed by atoms with Crippen LogP contribution in [0, 0.1) is 0 Å². The standard InChI is InChI=1S/C14H23N3O/c1-3-15-10-12-4-5-14(16-11-12)18-13-6-8-17(2)9-7-13/h4-5,11,13,15H,3,6-10H2,1-2H3. The van der Waals surface area contributed by atoms with Gasteiger partial charge in [-0.2, -0.15) is 0 Å². The van der Waals surface area contributed by atoms with Crippen molar-refractivity contribution in [2.24, 2.45) is 0 Å². The van der Waals surface area contributed by atoms with Gasteiger partial charge in [0.2, 0.25) is 5.88 Å². The van der Waals surface area contributed by atoms with E-state index in [0.29, 0.717) is 6.10 Å². The Balaban J connectivity index is 1.82. The molecule has 0 aliphatic carbocycles. The van der Waals surface area contributed by atoms with E-state index in [4.69, 9.17) is 4.74 Å². The van der Waals surface area contributed by atoms with Crippen LogP contribution in [-0.4, -0.2) is 42.7 Å². The molecule has 4 heteroatoms. The Bertz CT molecular complexity index is 345. The average Bonchev–Trinajstić information content (AvgIpc) is 2.41. The highest BCUT2D eigenvalue weighted by Gasteiger charge is 2.18. The summed E-state index contributed by atoms with van der Waals surface area (Å²) in [6, 6.07) is 4.06. The number of nitrogens with one attached hydrogen (secondary N) is 1. The molecule has 0 saturated carbocycles. The van der Waals surface area contributed by atoms with Crippen molar-refractivity contribution >= 4 is 0 Å². The van der Waals surface area contributed by atoms with Crippen LogP contribution in [0.15, 0.2) is 18.3 Å². The summed E-state index contributed by atoms with van der Waals surface area (Å²) in [7, 11) is 2.16. The molecule has 4 nitrogen and oxygen atoms in total. The molecular weight excluding hydrogens is 226 g/mol. The van der Waals surface area contributed by atoms with Gasteiger partial charge in [-0.15, -0.1) is 0 Å². The topological polar surface area (TPSA) is 37.4 Å². The molecule has 1 aromatic rings. The largest absolute Gasteiger partial charge is 0.474 e. The Hall–Kier alpha value is -1.13. The van der Waals surface area contributed by atoms with E-state index in [-0.39, 0.29) is 0 Å². The zero-order valence-electron chi connectivity index (χ0n) is 11.4. The van der Waals surface area contributed by atoms with Gasteiger partial charge in [0.05, 0.1) is 0 Å². The van der Waals surface area contributed by atoms with Gasteiger partial charge >= 0.3 is 0 Å². The first-order valence-electron chi connectivity index (χ1n) is 6.78. The molecule has 1 N–H and O–H groups in total. The molecule has 2 heterocycles. The maximum Gasteiger partial charge on any atom is 0.213 e. The first-order chi connectivity index (χ1) is 8.78. The van der Waals surface area contributed by atoms with Crippen LogP contribution in [0.3, 0.4) is 0 Å². The summed E-state index contributed by atoms with van der Waals surface area (Å²) in [5, 5.41) is 3.28. The zero-order valence-corrected chi connectivity index (χ0v) is 11.4. The number of hydrogen-bond acceptors (Lipinski definition) is 4. The van der Waals surface area contributed by atoms with Crippen molar-refractivity contribution in [2.75, 3.05) is 26.7 Å². The third kappa shape index (κ3) is 3.96. The van der Waals surface area contributed by atoms with E-state index in [9.17, 15) is 0 Å². The highest BCUT2D eigenvalue weighted by Crippen LogP contribution is 2.16. The fourth-order valence-corrected chi connectivity index (χ4v) is 2.13. The lowest BCUT2D eigenvalue weighted by Gasteiger charge is -2.28. The Morgan fingerprint density at radius 2 is 2.17 bits per heavy atom. The molecule has 0 bridgehead atoms. The van der Waals surface area contributed by atoms with Gasteiger partial charge in [-0.1, -0.05) is 13.0 Å². The van der Waals surface area contributed by atoms with Crippen LogP contribution >= 0.6 is 0 Å². The van der Waals surface area contributed by atoms with Crippen molar-refractivity contribution in [2.45, 2.75) is 32.4 Å². The number of rotatable bonds is 5. The second-order valence-corrected chi connectivity index (χ2v) is 4.91. The lowest BCUT2D eigenvalue weighted by molar-refractivity contribution is 0.110. The highest BCUT2D eigenvalue weighted by atomic mass is 16.5. The summed E-state index contributed by atoms with van der Waals surface area (Å²) < 4.78 is 5.90. The summed E-state index contributed by atoms with van der Waals surface area (Å²) >= 11 is 0. The maximum atomic E-state index is 5.90. The van der Waals surface area contributed by atoms with Gasteiger partial charge in [0.15, 0.2) is 0 Å². The molecule has 0 aromatic carbocycles. The van der Waals surface area contributed by atoms with E-state index in [2.05, 4.69) is 35.2 Å². The molecule has 0 unspecified atom stereocenters. The van der Waals surface area contributed by atoms with Crippen LogP contribution in [-0.2, 0) is 6.54 Å². The SMILES string of the molecule is CCNCc1ccc(OC2CCN(C)CC2)nc1. The summed E-state index contributed by atoms with van der Waals surface area (Å²) in [5.41, 5.74) is 1.20. The molecule has 0 spiro atoms. The molecule has 100 valence electrons. The lowest BCUT2D eigenvalue weighted by Crippen LogP contribution is -2.35. The minimum Gasteiger partial charge on any atom is -0.474 e. The van der Waals surface area contributed by atoms with Gasteiger partial charge in [-0.25, -0.2) is 4.98 Å². The number of aromatic nitrogens is 1. The Morgan fingerprint density at radius 3 is 2.78 bits per heavy atom. The molecule has 1 aliphatic rings. The number of piperidine rings is 1. The van der Waals surface area contributed by atoms with Crippen LogP contribution in [0.1, 0.15) is 25.3 Å². The quantitative estimate of drug-likeness (QED) is 0.861. The van der Waals surface area contributed by atoms with Crippen molar-refractivity contribution in [3.8, 4) is 5.88 Å². The first-order valence-corrected chi connectivity index (χ1v) is 6.78. The van der Waals surface area contributed by atoms with Crippen molar-refractivity contribution in [1.29, 1.82) is 0 Å². The van der Waals surface area contributed by atoms with Crippen LogP contribution in [0.25, 0.3) is 0 Å². The molecule has 2 rings (SSSR count). The van der Waals surface area contributed by atoms with Gasteiger partial charge in [-0.05, 0) is 32.0 Å². The number of pyridine rings is 1. The number of ether oxygens (including phenoxy) is 1. The van der Waals surface area contributed by atoms with E-state index in [1.165, 1.54) is 5.56 Å². The second kappa shape index (κ2) is 6.71. The van der Waals surface area contributed by atoms with Crippen molar-refractivity contribution in [1.82, 2.24) is 15.2 Å².